The smallest absolute Gasteiger partial charge is 0.306 e. The van der Waals surface area contributed by atoms with Crippen LogP contribution in [-0.4, -0.2) is 70.7 Å². The molecule has 63 heavy (non-hydrogen) atoms. The van der Waals surface area contributed by atoms with Crippen LogP contribution in [0.2, 0.25) is 0 Å². The van der Waals surface area contributed by atoms with E-state index in [2.05, 4.69) is 38.2 Å². The Bertz CT molecular complexity index is 1060. The molecule has 0 aromatic heterocycles. The highest BCUT2D eigenvalue weighted by atomic mass is 31.2. The van der Waals surface area contributed by atoms with Gasteiger partial charge in [-0.25, -0.2) is 0 Å². The minimum absolute atomic E-state index is 0.0273. The second-order valence-corrected chi connectivity index (χ2v) is 21.0. The largest absolute Gasteiger partial charge is 0.756 e. The number of hydrogen-bond acceptors (Lipinski definition) is 7. The first-order valence-electron chi connectivity index (χ1n) is 27.1. The molecule has 2 unspecified atom stereocenters. The molecule has 0 N–H and O–H groups in total. The second-order valence-electron chi connectivity index (χ2n) is 19.6. The SMILES string of the molecule is CCCCC/C=C\C/C=C\CCCCCCCCCCOCC(COP(=O)([O-])OCC[N+](C)(C)C)OC(=O)CCCCCCCCCCCCCCCCCCCCCCCCC. The Balaban J connectivity index is 4.07. The van der Waals surface area contributed by atoms with E-state index in [4.69, 9.17) is 18.5 Å². The topological polar surface area (TPSA) is 94.1 Å². The highest BCUT2D eigenvalue weighted by Crippen LogP contribution is 2.38. The lowest BCUT2D eigenvalue weighted by atomic mass is 10.0. The monoisotopic (exact) mass is 912 g/mol. The van der Waals surface area contributed by atoms with Crippen molar-refractivity contribution in [2.45, 2.75) is 264 Å². The molecule has 0 aromatic rings. The first kappa shape index (κ1) is 62.0. The summed E-state index contributed by atoms with van der Waals surface area (Å²) < 4.78 is 34.8. The number of phosphoric acid groups is 1. The van der Waals surface area contributed by atoms with Crippen LogP contribution in [0.3, 0.4) is 0 Å². The van der Waals surface area contributed by atoms with Crippen molar-refractivity contribution in [3.8, 4) is 0 Å². The van der Waals surface area contributed by atoms with Crippen molar-refractivity contribution in [3.05, 3.63) is 24.3 Å². The maximum absolute atomic E-state index is 12.8. The zero-order chi connectivity index (χ0) is 46.2. The summed E-state index contributed by atoms with van der Waals surface area (Å²) in [6.45, 7) is 5.43. The minimum atomic E-state index is -4.53. The van der Waals surface area contributed by atoms with Gasteiger partial charge in [-0.15, -0.1) is 0 Å². The number of esters is 1. The van der Waals surface area contributed by atoms with E-state index in [1.807, 2.05) is 21.1 Å². The maximum atomic E-state index is 12.8. The first-order valence-corrected chi connectivity index (χ1v) is 28.5. The Labute approximate surface area is 392 Å². The molecular weight excluding hydrogens is 806 g/mol. The van der Waals surface area contributed by atoms with E-state index in [0.717, 1.165) is 38.5 Å². The Kier molecular flexibility index (Phi) is 46.7. The molecule has 2 atom stereocenters. The van der Waals surface area contributed by atoms with Crippen molar-refractivity contribution in [3.63, 3.8) is 0 Å². The molecule has 0 rings (SSSR count). The number of allylic oxidation sites excluding steroid dienone is 4. The highest BCUT2D eigenvalue weighted by molar-refractivity contribution is 7.45. The van der Waals surface area contributed by atoms with Crippen molar-refractivity contribution in [2.24, 2.45) is 0 Å². The van der Waals surface area contributed by atoms with Crippen LogP contribution in [0.5, 0.6) is 0 Å². The summed E-state index contributed by atoms with van der Waals surface area (Å²) in [5.41, 5.74) is 0. The molecule has 0 heterocycles. The summed E-state index contributed by atoms with van der Waals surface area (Å²) in [6.07, 6.45) is 56.3. The van der Waals surface area contributed by atoms with Gasteiger partial charge in [0.1, 0.15) is 19.3 Å². The minimum Gasteiger partial charge on any atom is -0.756 e. The molecule has 0 amide bonds. The quantitative estimate of drug-likeness (QED) is 0.0197. The lowest BCUT2D eigenvalue weighted by Crippen LogP contribution is -2.37. The molecule has 0 aromatic carbocycles. The van der Waals surface area contributed by atoms with Crippen LogP contribution < -0.4 is 4.89 Å². The molecule has 0 saturated heterocycles. The summed E-state index contributed by atoms with van der Waals surface area (Å²) in [6, 6.07) is 0. The summed E-state index contributed by atoms with van der Waals surface area (Å²) in [4.78, 5) is 25.2. The fraction of sp³-hybridized carbons (Fsp3) is 0.907. The molecule has 8 nitrogen and oxygen atoms in total. The first-order chi connectivity index (χ1) is 30.6. The highest BCUT2D eigenvalue weighted by Gasteiger charge is 2.20. The van der Waals surface area contributed by atoms with Gasteiger partial charge in [-0.3, -0.25) is 9.36 Å². The van der Waals surface area contributed by atoms with Crippen LogP contribution in [0.1, 0.15) is 258 Å². The summed E-state index contributed by atoms with van der Waals surface area (Å²) in [7, 11) is 1.37. The van der Waals surface area contributed by atoms with E-state index >= 15 is 0 Å². The molecule has 0 saturated carbocycles. The van der Waals surface area contributed by atoms with Gasteiger partial charge < -0.3 is 27.9 Å². The van der Waals surface area contributed by atoms with Gasteiger partial charge in [0.25, 0.3) is 7.82 Å². The van der Waals surface area contributed by atoms with Crippen LogP contribution in [0.4, 0.5) is 0 Å². The number of ether oxygens (including phenoxy) is 2. The third kappa shape index (κ3) is 51.8. The molecule has 0 aliphatic rings. The molecule has 0 aliphatic heterocycles. The number of hydrogen-bond donors (Lipinski definition) is 0. The number of likely N-dealkylation sites (N-methyl/N-ethyl adjacent to an activating group) is 1. The molecule has 0 fully saturated rings. The summed E-state index contributed by atoms with van der Waals surface area (Å²) in [5.74, 6) is -0.330. The fourth-order valence-electron chi connectivity index (χ4n) is 7.81. The number of nitrogens with zero attached hydrogens (tertiary/aromatic N) is 1. The Morgan fingerprint density at radius 1 is 0.492 bits per heavy atom. The van der Waals surface area contributed by atoms with Crippen molar-refractivity contribution >= 4 is 13.8 Å². The predicted octanol–water partition coefficient (Wildman–Crippen LogP) is 16.1. The molecular formula is C54H106NO7P. The maximum Gasteiger partial charge on any atom is 0.306 e. The molecule has 0 aliphatic carbocycles. The summed E-state index contributed by atoms with van der Waals surface area (Å²) >= 11 is 0. The molecule has 0 spiro atoms. The Hall–Kier alpha value is -1.02. The van der Waals surface area contributed by atoms with E-state index in [1.165, 1.54) is 199 Å². The number of rotatable bonds is 51. The van der Waals surface area contributed by atoms with Crippen molar-refractivity contribution in [2.75, 3.05) is 54.1 Å². The lowest BCUT2D eigenvalue weighted by molar-refractivity contribution is -0.870. The zero-order valence-electron chi connectivity index (χ0n) is 42.5. The second kappa shape index (κ2) is 47.5. The third-order valence-electron chi connectivity index (χ3n) is 12.0. The van der Waals surface area contributed by atoms with Gasteiger partial charge in [-0.2, -0.15) is 0 Å². The van der Waals surface area contributed by atoms with E-state index in [-0.39, 0.29) is 25.8 Å². The number of carbonyl (C=O) groups excluding carboxylic acids is 1. The van der Waals surface area contributed by atoms with Crippen LogP contribution in [0.15, 0.2) is 24.3 Å². The number of quaternary nitrogens is 1. The van der Waals surface area contributed by atoms with Gasteiger partial charge in [-0.1, -0.05) is 231 Å². The standard InChI is InChI=1S/C54H106NO7P/c1-6-8-10-12-14-16-18-20-22-24-26-27-28-29-30-31-33-35-37-39-41-43-45-47-54(56)62-53(52-61-63(57,58)60-50-48-55(3,4)5)51-59-49-46-44-42-40-38-36-34-32-25-23-21-19-17-15-13-11-9-7-2/h15,17,21,23,53H,6-14,16,18-20,22,24-52H2,1-5H3/b17-15-,23-21-. The summed E-state index contributed by atoms with van der Waals surface area (Å²) in [5, 5.41) is 0. The van der Waals surface area contributed by atoms with Gasteiger partial charge in [0.05, 0.1) is 34.4 Å². The Morgan fingerprint density at radius 2 is 0.873 bits per heavy atom. The van der Waals surface area contributed by atoms with Crippen molar-refractivity contribution in [1.29, 1.82) is 0 Å². The molecule has 0 radical (unpaired) electrons. The third-order valence-corrected chi connectivity index (χ3v) is 13.0. The lowest BCUT2D eigenvalue weighted by Gasteiger charge is -2.28. The van der Waals surface area contributed by atoms with Crippen LogP contribution in [-0.2, 0) is 27.9 Å². The van der Waals surface area contributed by atoms with Gasteiger partial charge in [0.15, 0.2) is 0 Å². The van der Waals surface area contributed by atoms with Crippen molar-refractivity contribution < 1.29 is 37.3 Å². The fourth-order valence-corrected chi connectivity index (χ4v) is 8.54. The molecule has 374 valence electrons. The predicted molar refractivity (Wildman–Crippen MR) is 268 cm³/mol. The average Bonchev–Trinajstić information content (AvgIpc) is 3.24. The number of phosphoric ester groups is 1. The van der Waals surface area contributed by atoms with Gasteiger partial charge >= 0.3 is 5.97 Å². The molecule has 0 bridgehead atoms. The number of carbonyl (C=O) groups is 1. The van der Waals surface area contributed by atoms with E-state index in [9.17, 15) is 14.3 Å². The van der Waals surface area contributed by atoms with Gasteiger partial charge in [0.2, 0.25) is 0 Å². The van der Waals surface area contributed by atoms with E-state index < -0.39 is 13.9 Å². The Morgan fingerprint density at radius 3 is 1.32 bits per heavy atom. The van der Waals surface area contributed by atoms with Gasteiger partial charge in [-0.05, 0) is 44.9 Å². The van der Waals surface area contributed by atoms with Crippen LogP contribution in [0.25, 0.3) is 0 Å². The van der Waals surface area contributed by atoms with Crippen LogP contribution in [0, 0.1) is 0 Å². The average molecular weight is 912 g/mol. The molecule has 9 heteroatoms. The van der Waals surface area contributed by atoms with Crippen LogP contribution >= 0.6 is 7.82 Å². The van der Waals surface area contributed by atoms with Crippen molar-refractivity contribution in [1.82, 2.24) is 0 Å². The number of unbranched alkanes of at least 4 members (excludes halogenated alkanes) is 33. The van der Waals surface area contributed by atoms with E-state index in [0.29, 0.717) is 24.1 Å². The normalized spacial score (nSPS) is 13.7. The van der Waals surface area contributed by atoms with Gasteiger partial charge in [0, 0.05) is 13.0 Å². The van der Waals surface area contributed by atoms with E-state index in [1.54, 1.807) is 0 Å². The zero-order valence-corrected chi connectivity index (χ0v) is 43.4.